The molecule has 0 unspecified atom stereocenters. The molecule has 5 heteroatoms. The van der Waals surface area contributed by atoms with Crippen LogP contribution >= 0.6 is 22.9 Å². The van der Waals surface area contributed by atoms with Crippen LogP contribution in [0.3, 0.4) is 0 Å². The van der Waals surface area contributed by atoms with E-state index in [1.165, 1.54) is 0 Å². The Morgan fingerprint density at radius 2 is 2.20 bits per heavy atom. The van der Waals surface area contributed by atoms with Gasteiger partial charge in [-0.2, -0.15) is 0 Å². The Kier molecular flexibility index (Phi) is 1.97. The summed E-state index contributed by atoms with van der Waals surface area (Å²) in [5.74, 6) is 0. The van der Waals surface area contributed by atoms with E-state index in [1.807, 2.05) is 17.5 Å². The van der Waals surface area contributed by atoms with Crippen molar-refractivity contribution in [3.63, 3.8) is 0 Å². The van der Waals surface area contributed by atoms with Gasteiger partial charge >= 0.3 is 0 Å². The van der Waals surface area contributed by atoms with Gasteiger partial charge in [0.05, 0.1) is 28.4 Å². The first-order valence-corrected chi connectivity index (χ1v) is 5.53. The highest BCUT2D eigenvalue weighted by atomic mass is 35.5. The standard InChI is InChI=1S/C10H5ClN2OS/c11-10-12-7-2-4-15-9(7)8(13-10)6-1-3-14-5-6/h1-5H. The van der Waals surface area contributed by atoms with Crippen LogP contribution in [0.1, 0.15) is 0 Å². The quantitative estimate of drug-likeness (QED) is 0.606. The average molecular weight is 237 g/mol. The number of fused-ring (bicyclic) bond motifs is 1. The molecule has 0 N–H and O–H groups in total. The smallest absolute Gasteiger partial charge is 0.223 e. The molecule has 0 spiro atoms. The van der Waals surface area contributed by atoms with Crippen LogP contribution in [0, 0.1) is 0 Å². The molecule has 0 aliphatic carbocycles. The van der Waals surface area contributed by atoms with Crippen molar-refractivity contribution >= 4 is 33.2 Å². The summed E-state index contributed by atoms with van der Waals surface area (Å²) in [4.78, 5) is 8.36. The predicted octanol–water partition coefficient (Wildman–Crippen LogP) is 3.60. The number of aromatic nitrogens is 2. The van der Waals surface area contributed by atoms with Gasteiger partial charge in [0.25, 0.3) is 0 Å². The summed E-state index contributed by atoms with van der Waals surface area (Å²) in [7, 11) is 0. The van der Waals surface area contributed by atoms with Gasteiger partial charge in [-0.25, -0.2) is 9.97 Å². The highest BCUT2D eigenvalue weighted by Crippen LogP contribution is 2.31. The Hall–Kier alpha value is -1.39. The van der Waals surface area contributed by atoms with E-state index in [9.17, 15) is 0 Å². The van der Waals surface area contributed by atoms with Gasteiger partial charge in [-0.1, -0.05) is 0 Å². The Morgan fingerprint density at radius 3 is 3.00 bits per heavy atom. The Morgan fingerprint density at radius 1 is 1.27 bits per heavy atom. The second-order valence-corrected chi connectivity index (χ2v) is 4.24. The fourth-order valence-electron chi connectivity index (χ4n) is 1.43. The third-order valence-electron chi connectivity index (χ3n) is 2.07. The summed E-state index contributed by atoms with van der Waals surface area (Å²) >= 11 is 7.45. The van der Waals surface area contributed by atoms with Crippen LogP contribution < -0.4 is 0 Å². The first-order valence-electron chi connectivity index (χ1n) is 4.28. The van der Waals surface area contributed by atoms with E-state index >= 15 is 0 Å². The molecule has 3 aromatic heterocycles. The highest BCUT2D eigenvalue weighted by molar-refractivity contribution is 7.17. The molecule has 3 aromatic rings. The molecule has 0 aliphatic heterocycles. The summed E-state index contributed by atoms with van der Waals surface area (Å²) in [6.45, 7) is 0. The molecule has 3 heterocycles. The Balaban J connectivity index is 2.38. The van der Waals surface area contributed by atoms with Gasteiger partial charge in [0, 0.05) is 5.56 Å². The SMILES string of the molecule is Clc1nc(-c2ccoc2)c2sccc2n1. The van der Waals surface area contributed by atoms with Crippen molar-refractivity contribution in [3.8, 4) is 11.3 Å². The molecule has 0 aliphatic rings. The number of furan rings is 1. The lowest BCUT2D eigenvalue weighted by Gasteiger charge is -1.98. The molecule has 74 valence electrons. The third kappa shape index (κ3) is 1.42. The fraction of sp³-hybridized carbons (Fsp3) is 0. The molecular weight excluding hydrogens is 232 g/mol. The first kappa shape index (κ1) is 8.88. The van der Waals surface area contributed by atoms with Gasteiger partial charge in [0.2, 0.25) is 5.28 Å². The summed E-state index contributed by atoms with van der Waals surface area (Å²) in [6.07, 6.45) is 3.27. The van der Waals surface area contributed by atoms with Crippen molar-refractivity contribution in [3.05, 3.63) is 35.3 Å². The lowest BCUT2D eigenvalue weighted by atomic mass is 10.2. The maximum absolute atomic E-state index is 5.85. The molecule has 3 nitrogen and oxygen atoms in total. The highest BCUT2D eigenvalue weighted by Gasteiger charge is 2.10. The number of hydrogen-bond donors (Lipinski definition) is 0. The van der Waals surface area contributed by atoms with Gasteiger partial charge < -0.3 is 4.42 Å². The van der Waals surface area contributed by atoms with Crippen LogP contribution in [0.15, 0.2) is 34.5 Å². The van der Waals surface area contributed by atoms with Crippen LogP contribution in [0.2, 0.25) is 5.28 Å². The molecule has 3 rings (SSSR count). The molecule has 0 radical (unpaired) electrons. The van der Waals surface area contributed by atoms with Gasteiger partial charge in [-0.05, 0) is 29.1 Å². The minimum absolute atomic E-state index is 0.261. The topological polar surface area (TPSA) is 38.9 Å². The number of halogens is 1. The van der Waals surface area contributed by atoms with Crippen molar-refractivity contribution in [2.45, 2.75) is 0 Å². The maximum Gasteiger partial charge on any atom is 0.223 e. The normalized spacial score (nSPS) is 11.0. The van der Waals surface area contributed by atoms with Crippen molar-refractivity contribution in [1.82, 2.24) is 9.97 Å². The maximum atomic E-state index is 5.85. The lowest BCUT2D eigenvalue weighted by molar-refractivity contribution is 0.568. The number of hydrogen-bond acceptors (Lipinski definition) is 4. The van der Waals surface area contributed by atoms with Crippen molar-refractivity contribution in [2.75, 3.05) is 0 Å². The van der Waals surface area contributed by atoms with Crippen molar-refractivity contribution in [1.29, 1.82) is 0 Å². The summed E-state index contributed by atoms with van der Waals surface area (Å²) < 4.78 is 6.06. The molecule has 0 atom stereocenters. The van der Waals surface area contributed by atoms with Gasteiger partial charge in [-0.3, -0.25) is 0 Å². The number of nitrogens with zero attached hydrogens (tertiary/aromatic N) is 2. The van der Waals surface area contributed by atoms with Crippen LogP contribution in [-0.4, -0.2) is 9.97 Å². The minimum atomic E-state index is 0.261. The molecule has 0 saturated carbocycles. The van der Waals surface area contributed by atoms with E-state index in [4.69, 9.17) is 16.0 Å². The zero-order valence-electron chi connectivity index (χ0n) is 7.48. The molecule has 0 saturated heterocycles. The van der Waals surface area contributed by atoms with Crippen LogP contribution in [-0.2, 0) is 0 Å². The van der Waals surface area contributed by atoms with E-state index in [1.54, 1.807) is 23.9 Å². The Bertz CT molecular complexity index is 603. The van der Waals surface area contributed by atoms with E-state index < -0.39 is 0 Å². The predicted molar refractivity (Wildman–Crippen MR) is 60.1 cm³/mol. The molecule has 0 bridgehead atoms. The number of rotatable bonds is 1. The largest absolute Gasteiger partial charge is 0.472 e. The van der Waals surface area contributed by atoms with Crippen LogP contribution in [0.25, 0.3) is 21.5 Å². The van der Waals surface area contributed by atoms with E-state index in [2.05, 4.69) is 9.97 Å². The summed E-state index contributed by atoms with van der Waals surface area (Å²) in [5, 5.41) is 2.23. The van der Waals surface area contributed by atoms with Gasteiger partial charge in [0.15, 0.2) is 0 Å². The third-order valence-corrected chi connectivity index (χ3v) is 3.15. The number of thiophene rings is 1. The monoisotopic (exact) mass is 236 g/mol. The van der Waals surface area contributed by atoms with Crippen molar-refractivity contribution in [2.24, 2.45) is 0 Å². The average Bonchev–Trinajstić information content (AvgIpc) is 2.86. The molecule has 0 aromatic carbocycles. The van der Waals surface area contributed by atoms with E-state index in [0.29, 0.717) is 0 Å². The molecule has 0 amide bonds. The first-order chi connectivity index (χ1) is 7.34. The second kappa shape index (κ2) is 3.32. The van der Waals surface area contributed by atoms with Crippen LogP contribution in [0.4, 0.5) is 0 Å². The summed E-state index contributed by atoms with van der Waals surface area (Å²) in [5.41, 5.74) is 2.62. The zero-order chi connectivity index (χ0) is 10.3. The fourth-order valence-corrected chi connectivity index (χ4v) is 2.45. The zero-order valence-corrected chi connectivity index (χ0v) is 9.05. The van der Waals surface area contributed by atoms with E-state index in [-0.39, 0.29) is 5.28 Å². The molecule has 0 fully saturated rings. The van der Waals surface area contributed by atoms with Gasteiger partial charge in [-0.15, -0.1) is 11.3 Å². The molecule has 15 heavy (non-hydrogen) atoms. The second-order valence-electron chi connectivity index (χ2n) is 2.99. The van der Waals surface area contributed by atoms with Gasteiger partial charge in [0.1, 0.15) is 0 Å². The molecular formula is C10H5ClN2OS. The van der Waals surface area contributed by atoms with Crippen molar-refractivity contribution < 1.29 is 4.42 Å². The Labute approximate surface area is 94.3 Å². The van der Waals surface area contributed by atoms with Crippen LogP contribution in [0.5, 0.6) is 0 Å². The summed E-state index contributed by atoms with van der Waals surface area (Å²) in [6, 6.07) is 3.79. The van der Waals surface area contributed by atoms with E-state index in [0.717, 1.165) is 21.5 Å². The lowest BCUT2D eigenvalue weighted by Crippen LogP contribution is -1.86. The minimum Gasteiger partial charge on any atom is -0.472 e.